The van der Waals surface area contributed by atoms with Crippen molar-refractivity contribution in [3.8, 4) is 11.3 Å². The van der Waals surface area contributed by atoms with Crippen molar-refractivity contribution in [2.75, 3.05) is 5.32 Å². The molecule has 0 bridgehead atoms. The minimum atomic E-state index is -0.778. The summed E-state index contributed by atoms with van der Waals surface area (Å²) in [5.41, 5.74) is 3.17. The number of nitrogens with one attached hydrogen (secondary N) is 1. The fourth-order valence-electron chi connectivity index (χ4n) is 3.57. The molecule has 8 heteroatoms. The number of aromatic nitrogens is 5. The van der Waals surface area contributed by atoms with Crippen LogP contribution in [0.4, 0.5) is 5.82 Å². The van der Waals surface area contributed by atoms with Gasteiger partial charge in [0.2, 0.25) is 11.7 Å². The van der Waals surface area contributed by atoms with E-state index in [9.17, 15) is 9.59 Å². The summed E-state index contributed by atoms with van der Waals surface area (Å²) in [5.74, 6) is 1.03. The molecule has 1 aromatic carbocycles. The fraction of sp³-hybridized carbons (Fsp3) is 0.261. The smallest absolute Gasteiger partial charge is 0.267 e. The van der Waals surface area contributed by atoms with Crippen molar-refractivity contribution in [1.82, 2.24) is 24.1 Å². The second-order valence-corrected chi connectivity index (χ2v) is 7.95. The van der Waals surface area contributed by atoms with E-state index >= 15 is 0 Å². The van der Waals surface area contributed by atoms with E-state index in [4.69, 9.17) is 0 Å². The molecule has 1 aliphatic carbocycles. The van der Waals surface area contributed by atoms with Gasteiger partial charge in [-0.3, -0.25) is 14.0 Å². The topological polar surface area (TPSA) is 94.2 Å². The molecule has 0 radical (unpaired) electrons. The van der Waals surface area contributed by atoms with E-state index in [0.29, 0.717) is 23.2 Å². The van der Waals surface area contributed by atoms with Gasteiger partial charge in [-0.05, 0) is 38.8 Å². The van der Waals surface area contributed by atoms with Crippen LogP contribution >= 0.6 is 0 Å². The van der Waals surface area contributed by atoms with E-state index in [2.05, 4.69) is 20.4 Å². The molecule has 1 atom stereocenters. The quantitative estimate of drug-likeness (QED) is 0.541. The predicted molar refractivity (Wildman–Crippen MR) is 117 cm³/mol. The zero-order valence-electron chi connectivity index (χ0n) is 17.3. The number of benzene rings is 1. The van der Waals surface area contributed by atoms with Crippen LogP contribution in [0.3, 0.4) is 0 Å². The van der Waals surface area contributed by atoms with E-state index in [1.54, 1.807) is 35.9 Å². The van der Waals surface area contributed by atoms with Crippen molar-refractivity contribution < 1.29 is 4.79 Å². The Balaban J connectivity index is 1.52. The molecule has 8 nitrogen and oxygen atoms in total. The summed E-state index contributed by atoms with van der Waals surface area (Å²) in [7, 11) is 0. The number of hydrogen-bond donors (Lipinski definition) is 1. The van der Waals surface area contributed by atoms with Crippen LogP contribution in [-0.4, -0.2) is 30.1 Å². The number of imidazole rings is 1. The molecule has 0 saturated heterocycles. The van der Waals surface area contributed by atoms with Gasteiger partial charge in [-0.25, -0.2) is 14.6 Å². The van der Waals surface area contributed by atoms with Crippen LogP contribution in [0.2, 0.25) is 0 Å². The number of amides is 1. The van der Waals surface area contributed by atoms with Crippen molar-refractivity contribution in [1.29, 1.82) is 0 Å². The maximum Gasteiger partial charge on any atom is 0.267 e. The number of nitrogens with zero attached hydrogens (tertiary/aromatic N) is 5. The third-order valence-corrected chi connectivity index (χ3v) is 5.56. The molecule has 31 heavy (non-hydrogen) atoms. The van der Waals surface area contributed by atoms with E-state index < -0.39 is 6.04 Å². The van der Waals surface area contributed by atoms with Crippen molar-refractivity contribution in [3.63, 3.8) is 0 Å². The number of aryl methyl sites for hydroxylation is 1. The largest absolute Gasteiger partial charge is 0.308 e. The van der Waals surface area contributed by atoms with Gasteiger partial charge in [0.05, 0.1) is 5.69 Å². The first-order chi connectivity index (χ1) is 15.0. The van der Waals surface area contributed by atoms with Crippen LogP contribution in [0.5, 0.6) is 0 Å². The first kappa shape index (κ1) is 19.2. The fourth-order valence-corrected chi connectivity index (χ4v) is 3.57. The second-order valence-electron chi connectivity index (χ2n) is 7.95. The molecule has 5 rings (SSSR count). The molecule has 4 aromatic rings. The van der Waals surface area contributed by atoms with Gasteiger partial charge in [-0.15, -0.1) is 0 Å². The van der Waals surface area contributed by atoms with Gasteiger partial charge in [0.1, 0.15) is 17.6 Å². The summed E-state index contributed by atoms with van der Waals surface area (Å²) in [4.78, 5) is 34.5. The minimum Gasteiger partial charge on any atom is -0.308 e. The molecule has 0 aliphatic heterocycles. The van der Waals surface area contributed by atoms with Crippen LogP contribution < -0.4 is 10.9 Å². The zero-order chi connectivity index (χ0) is 21.5. The highest BCUT2D eigenvalue weighted by atomic mass is 16.2. The minimum absolute atomic E-state index is 0.300. The molecule has 156 valence electrons. The number of anilines is 1. The lowest BCUT2D eigenvalue weighted by Gasteiger charge is -2.15. The second kappa shape index (κ2) is 7.46. The van der Waals surface area contributed by atoms with Gasteiger partial charge < -0.3 is 5.32 Å². The third kappa shape index (κ3) is 3.61. The van der Waals surface area contributed by atoms with Crippen LogP contribution in [0.1, 0.15) is 43.0 Å². The Kier molecular flexibility index (Phi) is 4.62. The number of hydrogen-bond acceptors (Lipinski definition) is 5. The molecule has 1 unspecified atom stereocenters. The normalized spacial score (nSPS) is 14.5. The Hall–Kier alpha value is -3.81. The zero-order valence-corrected chi connectivity index (χ0v) is 17.3. The van der Waals surface area contributed by atoms with E-state index in [1.165, 1.54) is 10.7 Å². The number of carbonyl (C=O) groups is 1. The van der Waals surface area contributed by atoms with Crippen molar-refractivity contribution in [2.24, 2.45) is 0 Å². The van der Waals surface area contributed by atoms with Gasteiger partial charge >= 0.3 is 0 Å². The van der Waals surface area contributed by atoms with Gasteiger partial charge in [-0.1, -0.05) is 29.8 Å². The first-order valence-corrected chi connectivity index (χ1v) is 10.3. The lowest BCUT2D eigenvalue weighted by molar-refractivity contribution is -0.119. The van der Waals surface area contributed by atoms with Crippen molar-refractivity contribution >= 4 is 17.5 Å². The monoisotopic (exact) mass is 414 g/mol. The maximum absolute atomic E-state index is 13.2. The molecule has 0 spiro atoms. The Morgan fingerprint density at radius 3 is 2.68 bits per heavy atom. The molecule has 3 aromatic heterocycles. The average Bonchev–Trinajstić information content (AvgIpc) is 3.57. The average molecular weight is 414 g/mol. The van der Waals surface area contributed by atoms with Crippen molar-refractivity contribution in [3.05, 3.63) is 76.5 Å². The summed E-state index contributed by atoms with van der Waals surface area (Å²) in [5, 5.41) is 7.40. The molecular weight excluding hydrogens is 392 g/mol. The van der Waals surface area contributed by atoms with Gasteiger partial charge in [-0.2, -0.15) is 5.10 Å². The number of carbonyl (C=O) groups excluding carboxylic acids is 1. The van der Waals surface area contributed by atoms with Gasteiger partial charge in [0.15, 0.2) is 0 Å². The van der Waals surface area contributed by atoms with Crippen LogP contribution in [0.25, 0.3) is 17.0 Å². The number of rotatable bonds is 5. The molecule has 1 aliphatic rings. The van der Waals surface area contributed by atoms with Gasteiger partial charge in [0.25, 0.3) is 5.56 Å². The summed E-state index contributed by atoms with van der Waals surface area (Å²) in [6.07, 6.45) is 5.59. The highest BCUT2D eigenvalue weighted by Crippen LogP contribution is 2.38. The summed E-state index contributed by atoms with van der Waals surface area (Å²) >= 11 is 0. The maximum atomic E-state index is 13.2. The standard InChI is InChI=1S/C23H22N6O2/c1-14-4-6-17(7-5-14)20-21(28-13-3-12-24-23(28)25-20)26-22(31)15(2)29-19(30)11-10-18(27-29)16-8-9-16/h3-7,10-13,15-16H,8-9H2,1-2H3,(H,26,31). The van der Waals surface area contributed by atoms with Crippen LogP contribution in [0.15, 0.2) is 59.7 Å². The SMILES string of the molecule is Cc1ccc(-c2nc3ncccn3c2NC(=O)C(C)n2nc(C3CC3)ccc2=O)cc1. The Labute approximate surface area is 178 Å². The highest BCUT2D eigenvalue weighted by molar-refractivity contribution is 5.96. The predicted octanol–water partition coefficient (Wildman–Crippen LogP) is 3.34. The van der Waals surface area contributed by atoms with E-state index in [0.717, 1.165) is 29.7 Å². The molecule has 1 fully saturated rings. The van der Waals surface area contributed by atoms with Gasteiger partial charge in [0, 0.05) is 29.9 Å². The molecular formula is C23H22N6O2. The summed E-state index contributed by atoms with van der Waals surface area (Å²) in [6, 6.07) is 12.1. The Morgan fingerprint density at radius 1 is 1.16 bits per heavy atom. The van der Waals surface area contributed by atoms with E-state index in [1.807, 2.05) is 31.2 Å². The number of fused-ring (bicyclic) bond motifs is 1. The lowest BCUT2D eigenvalue weighted by Crippen LogP contribution is -2.33. The first-order valence-electron chi connectivity index (χ1n) is 10.3. The van der Waals surface area contributed by atoms with Crippen LogP contribution in [-0.2, 0) is 4.79 Å². The third-order valence-electron chi connectivity index (χ3n) is 5.56. The summed E-state index contributed by atoms with van der Waals surface area (Å²) < 4.78 is 2.99. The summed E-state index contributed by atoms with van der Waals surface area (Å²) in [6.45, 7) is 3.69. The van der Waals surface area contributed by atoms with E-state index in [-0.39, 0.29) is 11.5 Å². The molecule has 1 N–H and O–H groups in total. The Morgan fingerprint density at radius 2 is 1.94 bits per heavy atom. The van der Waals surface area contributed by atoms with Crippen molar-refractivity contribution in [2.45, 2.75) is 38.6 Å². The van der Waals surface area contributed by atoms with Crippen LogP contribution in [0, 0.1) is 6.92 Å². The Bertz CT molecular complexity index is 1330. The highest BCUT2D eigenvalue weighted by Gasteiger charge is 2.27. The lowest BCUT2D eigenvalue weighted by atomic mass is 10.1. The molecule has 3 heterocycles. The molecule has 1 amide bonds. The molecule has 1 saturated carbocycles.